The number of aromatic nitrogens is 2. The molecule has 0 saturated heterocycles. The standard InChI is InChI=1S/C19H17Cl2N3O/c1-24-11-10-22-19(24)18(13-6-8-15(20)9-7-13)23-17(25)12-14-4-2-3-5-16(14)21/h2-11,18H,12H2,1H3,(H,23,25)/t18-/m1/s1. The van der Waals surface area contributed by atoms with Crippen molar-refractivity contribution in [3.05, 3.63) is 87.9 Å². The summed E-state index contributed by atoms with van der Waals surface area (Å²) in [6, 6.07) is 14.3. The number of imidazole rings is 1. The number of carbonyl (C=O) groups is 1. The van der Waals surface area contributed by atoms with Gasteiger partial charge in [0.2, 0.25) is 5.91 Å². The molecule has 25 heavy (non-hydrogen) atoms. The first-order valence-electron chi connectivity index (χ1n) is 7.80. The van der Waals surface area contributed by atoms with E-state index in [1.165, 1.54) is 0 Å². The van der Waals surface area contributed by atoms with Crippen LogP contribution in [0.15, 0.2) is 60.9 Å². The lowest BCUT2D eigenvalue weighted by Gasteiger charge is -2.19. The van der Waals surface area contributed by atoms with Gasteiger partial charge >= 0.3 is 0 Å². The Hall–Kier alpha value is -2.30. The predicted octanol–water partition coefficient (Wildman–Crippen LogP) is 4.18. The minimum absolute atomic E-state index is 0.129. The summed E-state index contributed by atoms with van der Waals surface area (Å²) in [4.78, 5) is 17.0. The third kappa shape index (κ3) is 4.21. The van der Waals surface area contributed by atoms with E-state index < -0.39 is 0 Å². The number of rotatable bonds is 5. The molecule has 0 bridgehead atoms. The van der Waals surface area contributed by atoms with Gasteiger partial charge in [0.15, 0.2) is 0 Å². The Morgan fingerprint density at radius 2 is 1.88 bits per heavy atom. The Labute approximate surface area is 156 Å². The molecule has 4 nitrogen and oxygen atoms in total. The van der Waals surface area contributed by atoms with Crippen molar-refractivity contribution in [1.29, 1.82) is 0 Å². The van der Waals surface area contributed by atoms with Crippen molar-refractivity contribution in [3.63, 3.8) is 0 Å². The molecule has 1 N–H and O–H groups in total. The summed E-state index contributed by atoms with van der Waals surface area (Å²) in [5, 5.41) is 4.27. The fraction of sp³-hybridized carbons (Fsp3) is 0.158. The van der Waals surface area contributed by atoms with Crippen LogP contribution in [0.3, 0.4) is 0 Å². The van der Waals surface area contributed by atoms with E-state index in [0.717, 1.165) is 17.0 Å². The molecule has 0 spiro atoms. The smallest absolute Gasteiger partial charge is 0.225 e. The third-order valence-electron chi connectivity index (χ3n) is 3.93. The van der Waals surface area contributed by atoms with Crippen LogP contribution in [0.4, 0.5) is 0 Å². The van der Waals surface area contributed by atoms with Crippen molar-refractivity contribution in [3.8, 4) is 0 Å². The highest BCUT2D eigenvalue weighted by Crippen LogP contribution is 2.23. The third-order valence-corrected chi connectivity index (χ3v) is 4.55. The van der Waals surface area contributed by atoms with Gasteiger partial charge < -0.3 is 9.88 Å². The Kier molecular flexibility index (Phi) is 5.41. The van der Waals surface area contributed by atoms with Gasteiger partial charge in [0.1, 0.15) is 11.9 Å². The van der Waals surface area contributed by atoms with Gasteiger partial charge in [-0.1, -0.05) is 53.5 Å². The van der Waals surface area contributed by atoms with Crippen LogP contribution in [0, 0.1) is 0 Å². The minimum atomic E-state index is -0.368. The van der Waals surface area contributed by atoms with Crippen LogP contribution in [-0.2, 0) is 18.3 Å². The van der Waals surface area contributed by atoms with Crippen molar-refractivity contribution in [2.45, 2.75) is 12.5 Å². The average molecular weight is 374 g/mol. The number of amides is 1. The molecule has 0 radical (unpaired) electrons. The van der Waals surface area contributed by atoms with Gasteiger partial charge in [-0.15, -0.1) is 0 Å². The maximum absolute atomic E-state index is 12.6. The first kappa shape index (κ1) is 17.5. The molecule has 0 aliphatic rings. The van der Waals surface area contributed by atoms with Crippen LogP contribution >= 0.6 is 23.2 Å². The van der Waals surface area contributed by atoms with E-state index in [2.05, 4.69) is 10.3 Å². The molecule has 2 aromatic carbocycles. The molecule has 3 aromatic rings. The van der Waals surface area contributed by atoms with Crippen LogP contribution in [0.25, 0.3) is 0 Å². The lowest BCUT2D eigenvalue weighted by molar-refractivity contribution is -0.121. The largest absolute Gasteiger partial charge is 0.342 e. The van der Waals surface area contributed by atoms with E-state index in [-0.39, 0.29) is 18.4 Å². The Balaban J connectivity index is 1.85. The fourth-order valence-corrected chi connectivity index (χ4v) is 2.96. The zero-order valence-electron chi connectivity index (χ0n) is 13.6. The number of halogens is 2. The van der Waals surface area contributed by atoms with E-state index in [1.54, 1.807) is 24.4 Å². The second-order valence-corrected chi connectivity index (χ2v) is 6.56. The summed E-state index contributed by atoms with van der Waals surface area (Å²) in [5.74, 6) is 0.617. The van der Waals surface area contributed by atoms with Gasteiger partial charge in [-0.2, -0.15) is 0 Å². The van der Waals surface area contributed by atoms with Crippen molar-refractivity contribution in [2.75, 3.05) is 0 Å². The normalized spacial score (nSPS) is 12.0. The molecule has 128 valence electrons. The first-order valence-corrected chi connectivity index (χ1v) is 8.55. The summed E-state index contributed by atoms with van der Waals surface area (Å²) in [5.41, 5.74) is 1.70. The number of hydrogen-bond donors (Lipinski definition) is 1. The molecule has 1 amide bonds. The summed E-state index contributed by atoms with van der Waals surface area (Å²) in [6.07, 6.45) is 3.76. The Bertz CT molecular complexity index is 874. The van der Waals surface area contributed by atoms with Gasteiger partial charge in [-0.25, -0.2) is 4.98 Å². The van der Waals surface area contributed by atoms with Crippen molar-refractivity contribution >= 4 is 29.1 Å². The van der Waals surface area contributed by atoms with E-state index in [0.29, 0.717) is 10.0 Å². The summed E-state index contributed by atoms with van der Waals surface area (Å²) in [6.45, 7) is 0. The van der Waals surface area contributed by atoms with Crippen molar-refractivity contribution < 1.29 is 4.79 Å². The van der Waals surface area contributed by atoms with Crippen LogP contribution < -0.4 is 5.32 Å². The predicted molar refractivity (Wildman–Crippen MR) is 99.8 cm³/mol. The molecule has 0 aliphatic carbocycles. The van der Waals surface area contributed by atoms with Crippen LogP contribution in [0.1, 0.15) is 23.0 Å². The maximum atomic E-state index is 12.6. The molecule has 1 aromatic heterocycles. The first-order chi connectivity index (χ1) is 12.0. The zero-order chi connectivity index (χ0) is 17.8. The molecule has 0 saturated carbocycles. The molecular weight excluding hydrogens is 357 g/mol. The van der Waals surface area contributed by atoms with E-state index in [1.807, 2.05) is 48.1 Å². The van der Waals surface area contributed by atoms with Gasteiger partial charge in [-0.3, -0.25) is 4.79 Å². The zero-order valence-corrected chi connectivity index (χ0v) is 15.1. The highest BCUT2D eigenvalue weighted by molar-refractivity contribution is 6.31. The van der Waals surface area contributed by atoms with Crippen molar-refractivity contribution in [2.24, 2.45) is 7.05 Å². The monoisotopic (exact) mass is 373 g/mol. The molecule has 1 heterocycles. The van der Waals surface area contributed by atoms with E-state index in [9.17, 15) is 4.79 Å². The highest BCUT2D eigenvalue weighted by atomic mass is 35.5. The fourth-order valence-electron chi connectivity index (χ4n) is 2.63. The number of aryl methyl sites for hydroxylation is 1. The minimum Gasteiger partial charge on any atom is -0.342 e. The Morgan fingerprint density at radius 3 is 2.52 bits per heavy atom. The summed E-state index contributed by atoms with van der Waals surface area (Å²) in [7, 11) is 1.89. The lowest BCUT2D eigenvalue weighted by atomic mass is 10.1. The van der Waals surface area contributed by atoms with E-state index in [4.69, 9.17) is 23.2 Å². The SMILES string of the molecule is Cn1ccnc1[C@H](NC(=O)Cc1ccccc1Cl)c1ccc(Cl)cc1. The maximum Gasteiger partial charge on any atom is 0.225 e. The van der Waals surface area contributed by atoms with Crippen LogP contribution in [-0.4, -0.2) is 15.5 Å². The number of nitrogens with one attached hydrogen (secondary N) is 1. The van der Waals surface area contributed by atoms with Crippen LogP contribution in [0.5, 0.6) is 0 Å². The van der Waals surface area contributed by atoms with Gasteiger partial charge in [0.25, 0.3) is 0 Å². The van der Waals surface area contributed by atoms with Gasteiger partial charge in [-0.05, 0) is 29.3 Å². The summed E-state index contributed by atoms with van der Waals surface area (Å²) >= 11 is 12.1. The molecule has 3 rings (SSSR count). The average Bonchev–Trinajstić information content (AvgIpc) is 3.01. The number of nitrogens with zero attached hydrogens (tertiary/aromatic N) is 2. The van der Waals surface area contributed by atoms with E-state index >= 15 is 0 Å². The van der Waals surface area contributed by atoms with Gasteiger partial charge in [0, 0.05) is 29.5 Å². The molecule has 0 fully saturated rings. The molecule has 6 heteroatoms. The molecule has 0 aliphatic heterocycles. The Morgan fingerprint density at radius 1 is 1.16 bits per heavy atom. The lowest BCUT2D eigenvalue weighted by Crippen LogP contribution is -2.32. The quantitative estimate of drug-likeness (QED) is 0.729. The topological polar surface area (TPSA) is 46.9 Å². The highest BCUT2D eigenvalue weighted by Gasteiger charge is 2.21. The molecule has 1 atom stereocenters. The van der Waals surface area contributed by atoms with Crippen LogP contribution in [0.2, 0.25) is 10.0 Å². The number of carbonyl (C=O) groups excluding carboxylic acids is 1. The number of benzene rings is 2. The second kappa shape index (κ2) is 7.72. The summed E-state index contributed by atoms with van der Waals surface area (Å²) < 4.78 is 1.88. The number of hydrogen-bond acceptors (Lipinski definition) is 2. The molecular formula is C19H17Cl2N3O. The molecule has 0 unspecified atom stereocenters. The van der Waals surface area contributed by atoms with Gasteiger partial charge in [0.05, 0.1) is 6.42 Å². The van der Waals surface area contributed by atoms with Crippen molar-refractivity contribution in [1.82, 2.24) is 14.9 Å². The second-order valence-electron chi connectivity index (χ2n) is 5.72.